The Bertz CT molecular complexity index is 1020. The monoisotopic (exact) mass is 449 g/mol. The molecular formula is C27H32FN3O2. The Morgan fingerprint density at radius 2 is 1.45 bits per heavy atom. The maximum absolute atomic E-state index is 13.0. The zero-order valence-corrected chi connectivity index (χ0v) is 19.4. The maximum atomic E-state index is 13.0. The molecule has 33 heavy (non-hydrogen) atoms. The van der Waals surface area contributed by atoms with Gasteiger partial charge in [0.15, 0.2) is 11.5 Å². The van der Waals surface area contributed by atoms with Crippen LogP contribution in [0.5, 0.6) is 11.5 Å². The van der Waals surface area contributed by atoms with E-state index in [0.717, 1.165) is 74.0 Å². The molecule has 0 spiro atoms. The van der Waals surface area contributed by atoms with Gasteiger partial charge < -0.3 is 19.7 Å². The highest BCUT2D eigenvalue weighted by Gasteiger charge is 2.17. The summed E-state index contributed by atoms with van der Waals surface area (Å²) in [6, 6.07) is 21.4. The van der Waals surface area contributed by atoms with E-state index < -0.39 is 0 Å². The third-order valence-electron chi connectivity index (χ3n) is 6.17. The van der Waals surface area contributed by atoms with Gasteiger partial charge in [-0.05, 0) is 53.1 Å². The Labute approximate surface area is 195 Å². The third-order valence-corrected chi connectivity index (χ3v) is 6.17. The summed E-state index contributed by atoms with van der Waals surface area (Å²) in [6.07, 6.45) is 0. The Hall–Kier alpha value is -3.09. The molecule has 1 saturated heterocycles. The summed E-state index contributed by atoms with van der Waals surface area (Å²) in [5, 5.41) is 3.45. The van der Waals surface area contributed by atoms with Crippen molar-refractivity contribution in [3.8, 4) is 22.6 Å². The molecule has 0 radical (unpaired) electrons. The second-order valence-corrected chi connectivity index (χ2v) is 8.25. The van der Waals surface area contributed by atoms with Gasteiger partial charge in [0.2, 0.25) is 0 Å². The van der Waals surface area contributed by atoms with Crippen molar-refractivity contribution in [3.05, 3.63) is 78.1 Å². The van der Waals surface area contributed by atoms with Crippen molar-refractivity contribution in [3.63, 3.8) is 0 Å². The normalized spacial score (nSPS) is 14.3. The van der Waals surface area contributed by atoms with Crippen LogP contribution >= 0.6 is 0 Å². The van der Waals surface area contributed by atoms with Gasteiger partial charge in [0.05, 0.1) is 14.2 Å². The molecule has 1 aliphatic rings. The van der Waals surface area contributed by atoms with Crippen LogP contribution in [-0.2, 0) is 6.54 Å². The fourth-order valence-electron chi connectivity index (χ4n) is 4.18. The van der Waals surface area contributed by atoms with Crippen LogP contribution in [-0.4, -0.2) is 58.4 Å². The second kappa shape index (κ2) is 11.2. The number of ether oxygens (including phenoxy) is 2. The highest BCUT2D eigenvalue weighted by molar-refractivity contribution is 5.69. The van der Waals surface area contributed by atoms with Crippen molar-refractivity contribution in [2.24, 2.45) is 0 Å². The number of anilines is 1. The minimum absolute atomic E-state index is 0.188. The van der Waals surface area contributed by atoms with Gasteiger partial charge in [0, 0.05) is 51.5 Å². The molecule has 0 atom stereocenters. The lowest BCUT2D eigenvalue weighted by Crippen LogP contribution is -2.48. The molecule has 0 saturated carbocycles. The number of piperazine rings is 1. The summed E-state index contributed by atoms with van der Waals surface area (Å²) < 4.78 is 23.8. The lowest BCUT2D eigenvalue weighted by Gasteiger charge is -2.36. The first kappa shape index (κ1) is 23.1. The fraction of sp³-hybridized carbons (Fsp3) is 0.333. The molecule has 0 aliphatic carbocycles. The molecule has 3 aromatic carbocycles. The quantitative estimate of drug-likeness (QED) is 0.490. The number of nitrogens with one attached hydrogen (secondary N) is 1. The number of methoxy groups -OCH3 is 2. The summed E-state index contributed by atoms with van der Waals surface area (Å²) in [5.41, 5.74) is 4.63. The standard InChI is InChI=1S/C27H32FN3O2/c1-32-26-12-7-23(19-27(26)33-2)22-5-10-25(11-6-22)31-17-15-30(16-18-31)14-13-29-20-21-3-8-24(28)9-4-21/h3-12,19,29H,13-18,20H2,1-2H3. The van der Waals surface area contributed by atoms with Crippen LogP contribution in [0.3, 0.4) is 0 Å². The van der Waals surface area contributed by atoms with Gasteiger partial charge in [-0.15, -0.1) is 0 Å². The Kier molecular flexibility index (Phi) is 7.81. The van der Waals surface area contributed by atoms with Crippen LogP contribution in [0.15, 0.2) is 66.7 Å². The molecule has 3 aromatic rings. The van der Waals surface area contributed by atoms with Crippen molar-refractivity contribution in [2.45, 2.75) is 6.54 Å². The smallest absolute Gasteiger partial charge is 0.161 e. The number of rotatable bonds is 9. The van der Waals surface area contributed by atoms with Gasteiger partial charge in [-0.2, -0.15) is 0 Å². The van der Waals surface area contributed by atoms with Gasteiger partial charge in [-0.1, -0.05) is 30.3 Å². The van der Waals surface area contributed by atoms with E-state index in [2.05, 4.69) is 45.4 Å². The van der Waals surface area contributed by atoms with E-state index in [1.165, 1.54) is 17.8 Å². The average molecular weight is 450 g/mol. The molecule has 0 aromatic heterocycles. The largest absolute Gasteiger partial charge is 0.493 e. The maximum Gasteiger partial charge on any atom is 0.161 e. The average Bonchev–Trinajstić information content (AvgIpc) is 2.88. The zero-order chi connectivity index (χ0) is 23.0. The minimum atomic E-state index is -0.188. The van der Waals surface area contributed by atoms with Crippen LogP contribution < -0.4 is 19.7 Å². The van der Waals surface area contributed by atoms with Gasteiger partial charge in [-0.3, -0.25) is 4.90 Å². The predicted molar refractivity (Wildman–Crippen MR) is 132 cm³/mol. The highest BCUT2D eigenvalue weighted by atomic mass is 19.1. The first-order valence-electron chi connectivity index (χ1n) is 11.4. The van der Waals surface area contributed by atoms with Crippen molar-refractivity contribution in [2.75, 3.05) is 58.4 Å². The van der Waals surface area contributed by atoms with E-state index in [1.807, 2.05) is 24.3 Å². The number of hydrogen-bond donors (Lipinski definition) is 1. The van der Waals surface area contributed by atoms with Crippen LogP contribution in [0.25, 0.3) is 11.1 Å². The molecule has 0 bridgehead atoms. The summed E-state index contributed by atoms with van der Waals surface area (Å²) >= 11 is 0. The number of halogens is 1. The molecule has 1 aliphatic heterocycles. The SMILES string of the molecule is COc1ccc(-c2ccc(N3CCN(CCNCc4ccc(F)cc4)CC3)cc2)cc1OC. The first-order valence-corrected chi connectivity index (χ1v) is 11.4. The van der Waals surface area contributed by atoms with E-state index in [-0.39, 0.29) is 5.82 Å². The Morgan fingerprint density at radius 3 is 2.12 bits per heavy atom. The highest BCUT2D eigenvalue weighted by Crippen LogP contribution is 2.33. The molecule has 4 rings (SSSR count). The lowest BCUT2D eigenvalue weighted by molar-refractivity contribution is 0.257. The van der Waals surface area contributed by atoms with E-state index in [9.17, 15) is 4.39 Å². The van der Waals surface area contributed by atoms with Gasteiger partial charge in [0.1, 0.15) is 5.82 Å². The van der Waals surface area contributed by atoms with Crippen molar-refractivity contribution in [1.82, 2.24) is 10.2 Å². The minimum Gasteiger partial charge on any atom is -0.493 e. The predicted octanol–water partition coefficient (Wildman–Crippen LogP) is 4.42. The van der Waals surface area contributed by atoms with Crippen LogP contribution in [0, 0.1) is 5.82 Å². The summed E-state index contributed by atoms with van der Waals surface area (Å²) in [4.78, 5) is 4.94. The molecule has 1 N–H and O–H groups in total. The number of nitrogens with zero attached hydrogens (tertiary/aromatic N) is 2. The van der Waals surface area contributed by atoms with E-state index in [1.54, 1.807) is 14.2 Å². The summed E-state index contributed by atoms with van der Waals surface area (Å²) in [5.74, 6) is 1.29. The van der Waals surface area contributed by atoms with E-state index in [0.29, 0.717) is 0 Å². The van der Waals surface area contributed by atoms with Gasteiger partial charge in [-0.25, -0.2) is 4.39 Å². The third kappa shape index (κ3) is 6.03. The number of hydrogen-bond acceptors (Lipinski definition) is 5. The van der Waals surface area contributed by atoms with Crippen LogP contribution in [0.1, 0.15) is 5.56 Å². The van der Waals surface area contributed by atoms with Gasteiger partial charge in [0.25, 0.3) is 0 Å². The topological polar surface area (TPSA) is 37.0 Å². The fourth-order valence-corrected chi connectivity index (χ4v) is 4.18. The second-order valence-electron chi connectivity index (χ2n) is 8.25. The van der Waals surface area contributed by atoms with E-state index >= 15 is 0 Å². The summed E-state index contributed by atoms with van der Waals surface area (Å²) in [6.45, 7) is 6.87. The van der Waals surface area contributed by atoms with Crippen LogP contribution in [0.2, 0.25) is 0 Å². The Morgan fingerprint density at radius 1 is 0.788 bits per heavy atom. The first-order chi connectivity index (χ1) is 16.2. The Balaban J connectivity index is 1.24. The van der Waals surface area contributed by atoms with Crippen molar-refractivity contribution >= 4 is 5.69 Å². The van der Waals surface area contributed by atoms with Crippen molar-refractivity contribution in [1.29, 1.82) is 0 Å². The molecular weight excluding hydrogens is 417 g/mol. The van der Waals surface area contributed by atoms with Gasteiger partial charge >= 0.3 is 0 Å². The molecule has 1 heterocycles. The molecule has 0 unspecified atom stereocenters. The lowest BCUT2D eigenvalue weighted by atomic mass is 10.0. The number of benzene rings is 3. The molecule has 6 heteroatoms. The molecule has 0 amide bonds. The van der Waals surface area contributed by atoms with E-state index in [4.69, 9.17) is 9.47 Å². The molecule has 174 valence electrons. The van der Waals surface area contributed by atoms with Crippen LogP contribution in [0.4, 0.5) is 10.1 Å². The molecule has 1 fully saturated rings. The zero-order valence-electron chi connectivity index (χ0n) is 19.4. The van der Waals surface area contributed by atoms with Crippen molar-refractivity contribution < 1.29 is 13.9 Å². The molecule has 5 nitrogen and oxygen atoms in total. The summed E-state index contributed by atoms with van der Waals surface area (Å²) in [7, 11) is 3.31.